The standard InChI is InChI=1S/C7H6BrN5S/c1-4-11-7(13-12-4)14-6-5(8)2-9-3-10-6/h2-3H,1H3,(H,11,12,13). The largest absolute Gasteiger partial charge is 0.262 e. The van der Waals surface area contributed by atoms with Crippen molar-refractivity contribution in [2.45, 2.75) is 17.1 Å². The van der Waals surface area contributed by atoms with Gasteiger partial charge in [0.25, 0.3) is 0 Å². The highest BCUT2D eigenvalue weighted by Crippen LogP contribution is 2.28. The minimum Gasteiger partial charge on any atom is -0.262 e. The lowest BCUT2D eigenvalue weighted by Gasteiger charge is -1.96. The van der Waals surface area contributed by atoms with Gasteiger partial charge in [-0.3, -0.25) is 5.10 Å². The lowest BCUT2D eigenvalue weighted by Crippen LogP contribution is -1.84. The molecule has 0 saturated carbocycles. The van der Waals surface area contributed by atoms with Gasteiger partial charge in [-0.05, 0) is 34.6 Å². The van der Waals surface area contributed by atoms with Crippen molar-refractivity contribution < 1.29 is 0 Å². The fraction of sp³-hybridized carbons (Fsp3) is 0.143. The van der Waals surface area contributed by atoms with Crippen LogP contribution in [0.25, 0.3) is 0 Å². The SMILES string of the molecule is Cc1nc(Sc2ncncc2Br)n[nH]1. The molecule has 0 saturated heterocycles. The van der Waals surface area contributed by atoms with E-state index < -0.39 is 0 Å². The number of nitrogens with one attached hydrogen (secondary N) is 1. The highest BCUT2D eigenvalue weighted by molar-refractivity contribution is 9.10. The summed E-state index contributed by atoms with van der Waals surface area (Å²) < 4.78 is 0.840. The summed E-state index contributed by atoms with van der Waals surface area (Å²) in [6.45, 7) is 1.85. The van der Waals surface area contributed by atoms with Crippen LogP contribution in [-0.4, -0.2) is 25.1 Å². The van der Waals surface area contributed by atoms with Crippen molar-refractivity contribution in [3.05, 3.63) is 22.8 Å². The molecular formula is C7H6BrN5S. The molecule has 0 aliphatic carbocycles. The van der Waals surface area contributed by atoms with Crippen molar-refractivity contribution in [3.8, 4) is 0 Å². The Morgan fingerprint density at radius 2 is 2.36 bits per heavy atom. The van der Waals surface area contributed by atoms with Crippen LogP contribution in [0.2, 0.25) is 0 Å². The molecule has 5 nitrogen and oxygen atoms in total. The molecule has 0 unspecified atom stereocenters. The second kappa shape index (κ2) is 4.05. The number of hydrogen-bond acceptors (Lipinski definition) is 5. The normalized spacial score (nSPS) is 10.4. The van der Waals surface area contributed by atoms with Crippen molar-refractivity contribution in [2.24, 2.45) is 0 Å². The summed E-state index contributed by atoms with van der Waals surface area (Å²) in [4.78, 5) is 12.1. The van der Waals surface area contributed by atoms with Crippen molar-refractivity contribution in [2.75, 3.05) is 0 Å². The molecule has 0 aliphatic rings. The lowest BCUT2D eigenvalue weighted by atomic mass is 10.7. The number of aryl methyl sites for hydroxylation is 1. The van der Waals surface area contributed by atoms with Gasteiger partial charge in [-0.15, -0.1) is 5.10 Å². The van der Waals surface area contributed by atoms with Gasteiger partial charge < -0.3 is 0 Å². The molecule has 0 amide bonds. The Bertz CT molecular complexity index is 443. The van der Waals surface area contributed by atoms with Crippen LogP contribution in [0.5, 0.6) is 0 Å². The summed E-state index contributed by atoms with van der Waals surface area (Å²) >= 11 is 4.73. The molecule has 14 heavy (non-hydrogen) atoms. The maximum absolute atomic E-state index is 4.16. The van der Waals surface area contributed by atoms with Crippen LogP contribution in [0.3, 0.4) is 0 Å². The van der Waals surface area contributed by atoms with Crippen LogP contribution in [0.4, 0.5) is 0 Å². The molecule has 2 aromatic heterocycles. The number of H-pyrrole nitrogens is 1. The number of hydrogen-bond donors (Lipinski definition) is 1. The van der Waals surface area contributed by atoms with Crippen molar-refractivity contribution in [3.63, 3.8) is 0 Å². The third-order valence-corrected chi connectivity index (χ3v) is 3.13. The number of nitrogens with zero attached hydrogens (tertiary/aromatic N) is 4. The Hall–Kier alpha value is -0.950. The average molecular weight is 272 g/mol. The van der Waals surface area contributed by atoms with Gasteiger partial charge in [0.15, 0.2) is 0 Å². The first kappa shape index (κ1) is 9.60. The molecule has 2 heterocycles. The molecule has 0 aromatic carbocycles. The highest BCUT2D eigenvalue weighted by atomic mass is 79.9. The maximum atomic E-state index is 4.16. The second-order valence-electron chi connectivity index (χ2n) is 2.48. The summed E-state index contributed by atoms with van der Waals surface area (Å²) in [5.41, 5.74) is 0. The minimum absolute atomic E-state index is 0.655. The number of aromatic nitrogens is 5. The summed E-state index contributed by atoms with van der Waals surface area (Å²) in [6.07, 6.45) is 3.18. The van der Waals surface area contributed by atoms with Crippen LogP contribution in [0, 0.1) is 6.92 Å². The first-order chi connectivity index (χ1) is 6.75. The molecule has 7 heteroatoms. The molecule has 0 spiro atoms. The predicted octanol–water partition coefficient (Wildman–Crippen LogP) is 1.82. The minimum atomic E-state index is 0.655. The van der Waals surface area contributed by atoms with Crippen LogP contribution < -0.4 is 0 Å². The monoisotopic (exact) mass is 271 g/mol. The fourth-order valence-corrected chi connectivity index (χ4v) is 1.99. The van der Waals surface area contributed by atoms with Crippen molar-refractivity contribution in [1.29, 1.82) is 0 Å². The Morgan fingerprint density at radius 3 is 3.00 bits per heavy atom. The Balaban J connectivity index is 2.23. The predicted molar refractivity (Wildman–Crippen MR) is 55.0 cm³/mol. The van der Waals surface area contributed by atoms with E-state index in [0.29, 0.717) is 5.16 Å². The van der Waals surface area contributed by atoms with Gasteiger partial charge in [-0.2, -0.15) is 0 Å². The van der Waals surface area contributed by atoms with Gasteiger partial charge in [0.1, 0.15) is 17.2 Å². The van der Waals surface area contributed by atoms with E-state index in [1.807, 2.05) is 6.92 Å². The van der Waals surface area contributed by atoms with Gasteiger partial charge >= 0.3 is 0 Å². The molecular weight excluding hydrogens is 266 g/mol. The van der Waals surface area contributed by atoms with Crippen LogP contribution >= 0.6 is 27.7 Å². The third-order valence-electron chi connectivity index (χ3n) is 1.40. The molecule has 0 bridgehead atoms. The molecule has 72 valence electrons. The van der Waals surface area contributed by atoms with Gasteiger partial charge in [-0.25, -0.2) is 15.0 Å². The summed E-state index contributed by atoms with van der Waals surface area (Å²) in [6, 6.07) is 0. The van der Waals surface area contributed by atoms with E-state index in [9.17, 15) is 0 Å². The zero-order chi connectivity index (χ0) is 9.97. The summed E-state index contributed by atoms with van der Waals surface area (Å²) in [5, 5.41) is 8.22. The topological polar surface area (TPSA) is 67.3 Å². The highest BCUT2D eigenvalue weighted by Gasteiger charge is 2.06. The van der Waals surface area contributed by atoms with Crippen molar-refractivity contribution in [1.82, 2.24) is 25.1 Å². The maximum Gasteiger partial charge on any atom is 0.214 e. The van der Waals surface area contributed by atoms with E-state index >= 15 is 0 Å². The molecule has 2 aromatic rings. The number of aromatic amines is 1. The van der Waals surface area contributed by atoms with Crippen LogP contribution in [-0.2, 0) is 0 Å². The Labute approximate surface area is 92.9 Å². The van der Waals surface area contributed by atoms with Gasteiger partial charge in [0.2, 0.25) is 5.16 Å². The molecule has 0 radical (unpaired) electrons. The first-order valence-corrected chi connectivity index (χ1v) is 5.39. The van der Waals surface area contributed by atoms with Crippen LogP contribution in [0.1, 0.15) is 5.82 Å². The second-order valence-corrected chi connectivity index (χ2v) is 4.29. The van der Waals surface area contributed by atoms with E-state index in [4.69, 9.17) is 0 Å². The van der Waals surface area contributed by atoms with E-state index in [1.54, 1.807) is 6.20 Å². The Kier molecular flexibility index (Phi) is 2.78. The van der Waals surface area contributed by atoms with E-state index in [-0.39, 0.29) is 0 Å². The molecule has 1 N–H and O–H groups in total. The summed E-state index contributed by atoms with van der Waals surface area (Å²) in [5.74, 6) is 0.790. The number of halogens is 1. The molecule has 0 aliphatic heterocycles. The number of rotatable bonds is 2. The summed E-state index contributed by atoms with van der Waals surface area (Å²) in [7, 11) is 0. The smallest absolute Gasteiger partial charge is 0.214 e. The fourth-order valence-electron chi connectivity index (χ4n) is 0.831. The van der Waals surface area contributed by atoms with Gasteiger partial charge in [-0.1, -0.05) is 0 Å². The Morgan fingerprint density at radius 1 is 1.50 bits per heavy atom. The zero-order valence-corrected chi connectivity index (χ0v) is 9.63. The van der Waals surface area contributed by atoms with E-state index in [1.165, 1.54) is 18.1 Å². The zero-order valence-electron chi connectivity index (χ0n) is 7.23. The first-order valence-electron chi connectivity index (χ1n) is 3.78. The van der Waals surface area contributed by atoms with E-state index in [2.05, 4.69) is 41.1 Å². The average Bonchev–Trinajstić information content (AvgIpc) is 2.56. The lowest BCUT2D eigenvalue weighted by molar-refractivity contribution is 0.956. The molecule has 0 atom stereocenters. The molecule has 2 rings (SSSR count). The van der Waals surface area contributed by atoms with Gasteiger partial charge in [0.05, 0.1) is 4.47 Å². The quantitative estimate of drug-likeness (QED) is 0.844. The van der Waals surface area contributed by atoms with E-state index in [0.717, 1.165) is 15.3 Å². The van der Waals surface area contributed by atoms with Gasteiger partial charge in [0, 0.05) is 6.20 Å². The molecule has 0 fully saturated rings. The van der Waals surface area contributed by atoms with Crippen LogP contribution in [0.15, 0.2) is 27.2 Å². The third kappa shape index (κ3) is 2.10. The van der Waals surface area contributed by atoms with Crippen molar-refractivity contribution >= 4 is 27.7 Å².